The number of rotatable bonds is 2. The number of carbonyl (C=O) groups is 3. The van der Waals surface area contributed by atoms with Gasteiger partial charge in [-0.2, -0.15) is 0 Å². The van der Waals surface area contributed by atoms with Crippen LogP contribution in [-0.2, 0) is 28.6 Å². The number of esters is 3. The van der Waals surface area contributed by atoms with E-state index in [1.54, 1.807) is 24.5 Å². The molecular weight excluding hydrogens is 364 g/mol. The van der Waals surface area contributed by atoms with Crippen molar-refractivity contribution in [1.29, 1.82) is 0 Å². The summed E-state index contributed by atoms with van der Waals surface area (Å²) in [6, 6.07) is 1.77. The first kappa shape index (κ1) is 17.3. The van der Waals surface area contributed by atoms with Crippen molar-refractivity contribution >= 4 is 17.9 Å². The van der Waals surface area contributed by atoms with Crippen molar-refractivity contribution in [1.82, 2.24) is 0 Å². The first-order chi connectivity index (χ1) is 13.5. The maximum Gasteiger partial charge on any atom is 0.335 e. The molecule has 2 aliphatic carbocycles. The molecule has 0 bridgehead atoms. The van der Waals surface area contributed by atoms with Gasteiger partial charge in [-0.1, -0.05) is 25.2 Å². The zero-order valence-electron chi connectivity index (χ0n) is 15.5. The van der Waals surface area contributed by atoms with Gasteiger partial charge in [0.05, 0.1) is 30.6 Å². The predicted octanol–water partition coefficient (Wildman–Crippen LogP) is 2.49. The summed E-state index contributed by atoms with van der Waals surface area (Å²) in [5.74, 6) is -2.17. The molecule has 1 saturated carbocycles. The molecule has 146 valence electrons. The lowest BCUT2D eigenvalue weighted by atomic mass is 9.46. The monoisotopic (exact) mass is 384 g/mol. The van der Waals surface area contributed by atoms with Crippen LogP contribution in [0.15, 0.2) is 46.8 Å². The third kappa shape index (κ3) is 1.82. The Kier molecular flexibility index (Phi) is 3.45. The van der Waals surface area contributed by atoms with Crippen molar-refractivity contribution in [2.24, 2.45) is 22.7 Å². The summed E-state index contributed by atoms with van der Waals surface area (Å²) < 4.78 is 21.7. The zero-order valence-corrected chi connectivity index (χ0v) is 15.5. The van der Waals surface area contributed by atoms with Gasteiger partial charge >= 0.3 is 17.9 Å². The molecule has 0 radical (unpaired) electrons. The van der Waals surface area contributed by atoms with Crippen molar-refractivity contribution in [2.45, 2.75) is 32.0 Å². The minimum Gasteiger partial charge on any atom is -0.472 e. The van der Waals surface area contributed by atoms with Crippen molar-refractivity contribution in [3.8, 4) is 0 Å². The number of ether oxygens (including phenoxy) is 3. The van der Waals surface area contributed by atoms with Crippen LogP contribution in [0.5, 0.6) is 0 Å². The zero-order chi connectivity index (χ0) is 19.7. The number of hydrogen-bond donors (Lipinski definition) is 0. The number of allylic oxidation sites excluding steroid dienone is 3. The molecule has 0 unspecified atom stereocenters. The smallest absolute Gasteiger partial charge is 0.335 e. The van der Waals surface area contributed by atoms with Crippen LogP contribution in [0.25, 0.3) is 0 Å². The van der Waals surface area contributed by atoms with Crippen LogP contribution in [0.4, 0.5) is 0 Å². The van der Waals surface area contributed by atoms with E-state index in [1.165, 1.54) is 13.4 Å². The number of cyclic esters (lactones) is 1. The average Bonchev–Trinajstić information content (AvgIpc) is 3.39. The molecule has 1 spiro atoms. The fraction of sp³-hybridized carbons (Fsp3) is 0.476. The Morgan fingerprint density at radius 3 is 2.82 bits per heavy atom. The number of methoxy groups -OCH3 is 1. The van der Waals surface area contributed by atoms with Crippen LogP contribution in [0.1, 0.15) is 31.4 Å². The molecule has 0 N–H and O–H groups in total. The Bertz CT molecular complexity index is 927. The van der Waals surface area contributed by atoms with E-state index in [2.05, 4.69) is 0 Å². The van der Waals surface area contributed by atoms with Crippen molar-refractivity contribution in [3.63, 3.8) is 0 Å². The van der Waals surface area contributed by atoms with Crippen molar-refractivity contribution < 1.29 is 33.0 Å². The van der Waals surface area contributed by atoms with E-state index in [4.69, 9.17) is 18.6 Å². The topological polar surface area (TPSA) is 92.0 Å². The molecule has 0 aromatic carbocycles. The highest BCUT2D eigenvalue weighted by molar-refractivity contribution is 6.04. The van der Waals surface area contributed by atoms with Gasteiger partial charge in [0.1, 0.15) is 17.6 Å². The van der Waals surface area contributed by atoms with Gasteiger partial charge in [-0.05, 0) is 18.4 Å². The second-order valence-corrected chi connectivity index (χ2v) is 8.03. The van der Waals surface area contributed by atoms with E-state index < -0.39 is 40.9 Å². The van der Waals surface area contributed by atoms with E-state index in [0.717, 1.165) is 5.56 Å². The summed E-state index contributed by atoms with van der Waals surface area (Å²) in [6.07, 6.45) is 7.93. The summed E-state index contributed by atoms with van der Waals surface area (Å²) >= 11 is 0. The second-order valence-electron chi connectivity index (χ2n) is 8.03. The fourth-order valence-corrected chi connectivity index (χ4v) is 5.77. The maximum absolute atomic E-state index is 13.3. The maximum atomic E-state index is 13.3. The lowest BCUT2D eigenvalue weighted by Gasteiger charge is -2.52. The second kappa shape index (κ2) is 5.59. The molecule has 4 aliphatic rings. The van der Waals surface area contributed by atoms with Crippen LogP contribution in [0.3, 0.4) is 0 Å². The molecule has 0 amide bonds. The summed E-state index contributed by atoms with van der Waals surface area (Å²) in [5, 5.41) is 0. The Morgan fingerprint density at radius 1 is 1.29 bits per heavy atom. The van der Waals surface area contributed by atoms with E-state index in [1.807, 2.05) is 13.0 Å². The Labute approximate surface area is 161 Å². The van der Waals surface area contributed by atoms with Crippen LogP contribution in [0, 0.1) is 22.7 Å². The summed E-state index contributed by atoms with van der Waals surface area (Å²) in [5.41, 5.74) is -1.24. The average molecular weight is 384 g/mol. The number of carbonyl (C=O) groups excluding carboxylic acids is 3. The van der Waals surface area contributed by atoms with Gasteiger partial charge in [0.2, 0.25) is 0 Å². The molecule has 7 heteroatoms. The Hall–Kier alpha value is -2.83. The molecule has 2 saturated heterocycles. The van der Waals surface area contributed by atoms with Gasteiger partial charge in [0.25, 0.3) is 0 Å². The normalized spacial score (nSPS) is 40.7. The third-order valence-electron chi connectivity index (χ3n) is 7.07. The molecule has 5 rings (SSSR count). The Morgan fingerprint density at radius 2 is 2.11 bits per heavy atom. The minimum atomic E-state index is -1.32. The highest BCUT2D eigenvalue weighted by Gasteiger charge is 2.75. The quantitative estimate of drug-likeness (QED) is 0.571. The molecule has 1 aromatic rings. The van der Waals surface area contributed by atoms with E-state index >= 15 is 0 Å². The molecule has 6 atom stereocenters. The van der Waals surface area contributed by atoms with E-state index in [-0.39, 0.29) is 17.5 Å². The van der Waals surface area contributed by atoms with Gasteiger partial charge in [0, 0.05) is 17.9 Å². The third-order valence-corrected chi connectivity index (χ3v) is 7.07. The van der Waals surface area contributed by atoms with Crippen molar-refractivity contribution in [3.05, 3.63) is 48.0 Å². The molecule has 7 nitrogen and oxygen atoms in total. The van der Waals surface area contributed by atoms with E-state index in [0.29, 0.717) is 12.8 Å². The molecule has 28 heavy (non-hydrogen) atoms. The van der Waals surface area contributed by atoms with Crippen LogP contribution < -0.4 is 0 Å². The van der Waals surface area contributed by atoms with Crippen LogP contribution >= 0.6 is 0 Å². The lowest BCUT2D eigenvalue weighted by molar-refractivity contribution is -0.179. The summed E-state index contributed by atoms with van der Waals surface area (Å²) in [6.45, 7) is 1.96. The molecule has 1 aromatic heterocycles. The van der Waals surface area contributed by atoms with Crippen molar-refractivity contribution in [2.75, 3.05) is 7.11 Å². The summed E-state index contributed by atoms with van der Waals surface area (Å²) in [4.78, 5) is 39.0. The number of furan rings is 1. The van der Waals surface area contributed by atoms with Gasteiger partial charge in [-0.3, -0.25) is 9.59 Å². The summed E-state index contributed by atoms with van der Waals surface area (Å²) in [7, 11) is 1.29. The van der Waals surface area contributed by atoms with Gasteiger partial charge in [0.15, 0.2) is 0 Å². The SMILES string of the molecule is COC(=O)[C@]12C3=CC=C[C@@H]1[C@@]1(C[C@@H](c4ccoc4)OC1=O)[C@@H](C)C[C@@H]2OC3=O. The predicted molar refractivity (Wildman–Crippen MR) is 93.4 cm³/mol. The highest BCUT2D eigenvalue weighted by Crippen LogP contribution is 2.67. The van der Waals surface area contributed by atoms with Gasteiger partial charge in [-0.25, -0.2) is 4.79 Å². The van der Waals surface area contributed by atoms with Crippen LogP contribution in [-0.4, -0.2) is 31.1 Å². The van der Waals surface area contributed by atoms with Gasteiger partial charge < -0.3 is 18.6 Å². The first-order valence-corrected chi connectivity index (χ1v) is 9.37. The highest BCUT2D eigenvalue weighted by atomic mass is 16.6. The van der Waals surface area contributed by atoms with Gasteiger partial charge in [-0.15, -0.1) is 0 Å². The minimum absolute atomic E-state index is 0.153. The standard InChI is InChI=1S/C21H20O7/c1-11-8-16-21(19(24)25-2)13(17(22)28-16)4-3-5-15(21)20(11)9-14(27-18(20)23)12-6-7-26-10-12/h3-7,10-11,14-16H,8-9H2,1-2H3/t11-,14-,15+,16-,20+,21+/m0/s1. The largest absolute Gasteiger partial charge is 0.472 e. The number of fused-ring (bicyclic) bond motifs is 1. The molecular formula is C21H20O7. The molecule has 2 aliphatic heterocycles. The lowest BCUT2D eigenvalue weighted by Crippen LogP contribution is -2.61. The Balaban J connectivity index is 1.68. The number of hydrogen-bond acceptors (Lipinski definition) is 7. The van der Waals surface area contributed by atoms with E-state index in [9.17, 15) is 14.4 Å². The molecule has 3 fully saturated rings. The first-order valence-electron chi connectivity index (χ1n) is 9.37. The fourth-order valence-electron chi connectivity index (χ4n) is 5.77. The molecule has 3 heterocycles. The van der Waals surface area contributed by atoms with Crippen LogP contribution in [0.2, 0.25) is 0 Å².